The fourth-order valence-electron chi connectivity index (χ4n) is 4.36. The maximum atomic E-state index is 13.8. The van der Waals surface area contributed by atoms with Crippen LogP contribution in [-0.2, 0) is 21.2 Å². The minimum absolute atomic E-state index is 0.0181. The van der Waals surface area contributed by atoms with Gasteiger partial charge in [-0.15, -0.1) is 0 Å². The summed E-state index contributed by atoms with van der Waals surface area (Å²) >= 11 is 0. The Labute approximate surface area is 224 Å². The molecule has 2 aromatic rings. The van der Waals surface area contributed by atoms with Crippen molar-refractivity contribution in [3.63, 3.8) is 0 Å². The lowest BCUT2D eigenvalue weighted by Gasteiger charge is -2.30. The number of allylic oxidation sites excluding steroid dienone is 1. The molecular formula is C27H36N4O6S. The number of carboxylic acid groups (broad SMARTS) is 1. The summed E-state index contributed by atoms with van der Waals surface area (Å²) in [5.74, 6) is -0.375. The average Bonchev–Trinajstić information content (AvgIpc) is 3.17. The van der Waals surface area contributed by atoms with Crippen LogP contribution in [0.25, 0.3) is 5.57 Å². The number of aliphatic hydroxyl groups excluding tert-OH is 1. The number of hydrogen-bond donors (Lipinski definition) is 4. The zero-order valence-corrected chi connectivity index (χ0v) is 23.1. The van der Waals surface area contributed by atoms with Crippen molar-refractivity contribution in [2.45, 2.75) is 44.2 Å². The average molecular weight is 545 g/mol. The first-order chi connectivity index (χ1) is 17.8. The minimum atomic E-state index is -4.11. The Balaban J connectivity index is 1.96. The molecule has 10 nitrogen and oxygen atoms in total. The number of nitrogens with zero attached hydrogens (tertiary/aromatic N) is 2. The lowest BCUT2D eigenvalue weighted by atomic mass is 10.0. The first kappa shape index (κ1) is 29.2. The van der Waals surface area contributed by atoms with E-state index in [9.17, 15) is 28.2 Å². The van der Waals surface area contributed by atoms with E-state index in [-0.39, 0.29) is 36.2 Å². The Bertz CT molecular complexity index is 1310. The molecule has 38 heavy (non-hydrogen) atoms. The van der Waals surface area contributed by atoms with Gasteiger partial charge >= 0.3 is 6.09 Å². The summed E-state index contributed by atoms with van der Waals surface area (Å²) in [6, 6.07) is 12.6. The van der Waals surface area contributed by atoms with E-state index in [4.69, 9.17) is 0 Å². The predicted molar refractivity (Wildman–Crippen MR) is 146 cm³/mol. The van der Waals surface area contributed by atoms with Gasteiger partial charge in [-0.25, -0.2) is 13.2 Å². The Kier molecular flexibility index (Phi) is 9.18. The Hall–Kier alpha value is -3.41. The van der Waals surface area contributed by atoms with E-state index in [1.165, 1.54) is 16.4 Å². The molecule has 0 fully saturated rings. The number of carbonyl (C=O) groups excluding carboxylic acids is 1. The molecule has 0 aromatic heterocycles. The maximum absolute atomic E-state index is 13.8. The number of anilines is 1. The van der Waals surface area contributed by atoms with Gasteiger partial charge in [-0.3, -0.25) is 4.79 Å². The van der Waals surface area contributed by atoms with E-state index < -0.39 is 28.3 Å². The molecule has 0 saturated carbocycles. The zero-order valence-electron chi connectivity index (χ0n) is 22.3. The van der Waals surface area contributed by atoms with Crippen LogP contribution >= 0.6 is 0 Å². The molecule has 2 amide bonds. The summed E-state index contributed by atoms with van der Waals surface area (Å²) in [6.07, 6.45) is -2.44. The highest BCUT2D eigenvalue weighted by molar-refractivity contribution is 7.89. The third-order valence-corrected chi connectivity index (χ3v) is 8.26. The van der Waals surface area contributed by atoms with E-state index >= 15 is 0 Å². The molecule has 3 rings (SSSR count). The van der Waals surface area contributed by atoms with Gasteiger partial charge in [0.25, 0.3) is 5.91 Å². The molecule has 4 N–H and O–H groups in total. The lowest BCUT2D eigenvalue weighted by molar-refractivity contribution is -0.110. The third kappa shape index (κ3) is 6.72. The van der Waals surface area contributed by atoms with Crippen molar-refractivity contribution in [1.29, 1.82) is 0 Å². The molecule has 1 aliphatic heterocycles. The molecule has 0 aliphatic carbocycles. The monoisotopic (exact) mass is 544 g/mol. The summed E-state index contributed by atoms with van der Waals surface area (Å²) in [5, 5.41) is 25.5. The quantitative estimate of drug-likeness (QED) is 0.319. The van der Waals surface area contributed by atoms with Crippen molar-refractivity contribution in [3.8, 4) is 0 Å². The maximum Gasteiger partial charge on any atom is 0.404 e. The summed E-state index contributed by atoms with van der Waals surface area (Å²) in [6.45, 7) is 5.30. The van der Waals surface area contributed by atoms with Crippen LogP contribution in [0.4, 0.5) is 10.5 Å². The van der Waals surface area contributed by atoms with Gasteiger partial charge in [0.15, 0.2) is 0 Å². The number of benzene rings is 2. The van der Waals surface area contributed by atoms with Crippen LogP contribution in [0, 0.1) is 5.92 Å². The van der Waals surface area contributed by atoms with E-state index in [2.05, 4.69) is 10.6 Å². The molecule has 1 heterocycles. The van der Waals surface area contributed by atoms with Gasteiger partial charge < -0.3 is 25.7 Å². The molecule has 0 bridgehead atoms. The highest BCUT2D eigenvalue weighted by Crippen LogP contribution is 2.36. The van der Waals surface area contributed by atoms with Crippen LogP contribution in [-0.4, -0.2) is 79.2 Å². The number of aliphatic hydroxyl groups is 1. The fourth-order valence-corrected chi connectivity index (χ4v) is 6.01. The van der Waals surface area contributed by atoms with Gasteiger partial charge in [-0.1, -0.05) is 44.2 Å². The van der Waals surface area contributed by atoms with Crippen molar-refractivity contribution in [1.82, 2.24) is 14.5 Å². The Morgan fingerprint density at radius 2 is 1.74 bits per heavy atom. The number of rotatable bonds is 11. The molecule has 11 heteroatoms. The van der Waals surface area contributed by atoms with Crippen LogP contribution in [0.2, 0.25) is 0 Å². The number of nitrogens with one attached hydrogen (secondary N) is 2. The molecule has 0 spiro atoms. The number of carbonyl (C=O) groups is 2. The smallest absolute Gasteiger partial charge is 0.404 e. The second kappa shape index (κ2) is 12.0. The van der Waals surface area contributed by atoms with Gasteiger partial charge in [0.1, 0.15) is 0 Å². The Morgan fingerprint density at radius 1 is 1.08 bits per heavy atom. The van der Waals surface area contributed by atoms with E-state index in [0.29, 0.717) is 22.5 Å². The third-order valence-electron chi connectivity index (χ3n) is 6.44. The van der Waals surface area contributed by atoms with Gasteiger partial charge in [-0.2, -0.15) is 4.31 Å². The van der Waals surface area contributed by atoms with E-state index in [1.54, 1.807) is 32.0 Å². The highest BCUT2D eigenvalue weighted by atomic mass is 32.2. The fraction of sp³-hybridized carbons (Fsp3) is 0.407. The summed E-state index contributed by atoms with van der Waals surface area (Å²) in [5.41, 5.74) is 2.89. The number of sulfonamides is 1. The van der Waals surface area contributed by atoms with Gasteiger partial charge in [-0.05, 0) is 43.0 Å². The van der Waals surface area contributed by atoms with Gasteiger partial charge in [0.05, 0.1) is 22.6 Å². The predicted octanol–water partition coefficient (Wildman–Crippen LogP) is 2.82. The summed E-state index contributed by atoms with van der Waals surface area (Å²) in [7, 11) is -0.506. The molecule has 0 saturated heterocycles. The van der Waals surface area contributed by atoms with Crippen molar-refractivity contribution >= 4 is 33.3 Å². The second-order valence-electron chi connectivity index (χ2n) is 10.0. The topological polar surface area (TPSA) is 139 Å². The largest absolute Gasteiger partial charge is 0.465 e. The van der Waals surface area contributed by atoms with Crippen LogP contribution in [0.3, 0.4) is 0 Å². The minimum Gasteiger partial charge on any atom is -0.465 e. The van der Waals surface area contributed by atoms with Gasteiger partial charge in [0.2, 0.25) is 10.0 Å². The van der Waals surface area contributed by atoms with Crippen LogP contribution < -0.4 is 10.6 Å². The lowest BCUT2D eigenvalue weighted by Crippen LogP contribution is -2.50. The zero-order chi connectivity index (χ0) is 28.2. The molecule has 1 aliphatic rings. The number of amides is 2. The van der Waals surface area contributed by atoms with Gasteiger partial charge in [0, 0.05) is 44.1 Å². The first-order valence-electron chi connectivity index (χ1n) is 12.4. The molecule has 2 unspecified atom stereocenters. The normalized spacial score (nSPS) is 16.2. The molecule has 206 valence electrons. The van der Waals surface area contributed by atoms with Crippen LogP contribution in [0.5, 0.6) is 0 Å². The Morgan fingerprint density at radius 3 is 2.32 bits per heavy atom. The summed E-state index contributed by atoms with van der Waals surface area (Å²) in [4.78, 5) is 25.9. The second-order valence-corrected chi connectivity index (χ2v) is 12.0. The van der Waals surface area contributed by atoms with Crippen LogP contribution in [0.1, 0.15) is 31.9 Å². The molecule has 0 radical (unpaired) electrons. The van der Waals surface area contributed by atoms with E-state index in [0.717, 1.165) is 5.56 Å². The number of hydrogen-bond acceptors (Lipinski definition) is 6. The van der Waals surface area contributed by atoms with Crippen molar-refractivity contribution in [2.24, 2.45) is 5.92 Å². The molecule has 2 atom stereocenters. The van der Waals surface area contributed by atoms with Crippen LogP contribution in [0.15, 0.2) is 59.1 Å². The standard InChI is InChI=1S/C27H36N4O6S/c1-17(2)15-31(16-24(32)23(29-27(34)35)13-19-9-7-6-8-10-19)38(36,37)20-11-12-22-21(14-20)25(26(33)28-22)18(3)30(4)5/h6-12,14,17,23-24,29,32H,13,15-16H2,1-5H3,(H,28,33)(H,34,35). The van der Waals surface area contributed by atoms with Crippen molar-refractivity contribution < 1.29 is 28.2 Å². The first-order valence-corrected chi connectivity index (χ1v) is 13.8. The highest BCUT2D eigenvalue weighted by Gasteiger charge is 2.34. The number of fused-ring (bicyclic) bond motifs is 1. The van der Waals surface area contributed by atoms with Crippen molar-refractivity contribution in [3.05, 3.63) is 65.4 Å². The molecule has 2 aromatic carbocycles. The summed E-state index contributed by atoms with van der Waals surface area (Å²) < 4.78 is 28.9. The van der Waals surface area contributed by atoms with E-state index in [1.807, 2.05) is 44.2 Å². The van der Waals surface area contributed by atoms with Crippen molar-refractivity contribution in [2.75, 3.05) is 32.5 Å². The molecular weight excluding hydrogens is 508 g/mol. The SMILES string of the molecule is CC(=C1C(=O)Nc2ccc(S(=O)(=O)N(CC(C)C)CC(O)C(Cc3ccccc3)NC(=O)O)cc21)N(C)C.